The van der Waals surface area contributed by atoms with Gasteiger partial charge in [-0.1, -0.05) is 20.8 Å². The van der Waals surface area contributed by atoms with E-state index in [9.17, 15) is 24.0 Å². The molecule has 1 rings (SSSR count). The Kier molecular flexibility index (Phi) is 5.74. The number of nitrogens with one attached hydrogen (secondary N) is 1. The number of nitro groups is 1. The summed E-state index contributed by atoms with van der Waals surface area (Å²) >= 11 is 0. The van der Waals surface area contributed by atoms with E-state index in [4.69, 9.17) is 0 Å². The van der Waals surface area contributed by atoms with Gasteiger partial charge in [0.25, 0.3) is 0 Å². The predicted octanol–water partition coefficient (Wildman–Crippen LogP) is 2.76. The van der Waals surface area contributed by atoms with Crippen molar-refractivity contribution in [2.45, 2.75) is 39.8 Å². The molecule has 0 spiro atoms. The summed E-state index contributed by atoms with van der Waals surface area (Å²) in [5.41, 5.74) is -0.810. The highest BCUT2D eigenvalue weighted by Gasteiger charge is 2.19. The molecular weight excluding hydrogens is 282 g/mol. The van der Waals surface area contributed by atoms with Crippen LogP contribution in [-0.4, -0.2) is 22.7 Å². The summed E-state index contributed by atoms with van der Waals surface area (Å²) in [6.45, 7) is 6.16. The highest BCUT2D eigenvalue weighted by molar-refractivity contribution is 5.37. The number of rotatable bonds is 6. The van der Waals surface area contributed by atoms with Gasteiger partial charge in [0.1, 0.15) is 5.82 Å². The molecule has 0 aliphatic heterocycles. The van der Waals surface area contributed by atoms with E-state index in [1.54, 1.807) is 0 Å². The van der Waals surface area contributed by atoms with Crippen molar-refractivity contribution in [2.75, 3.05) is 6.54 Å². The smallest absolute Gasteiger partial charge is 0.305 e. The minimum absolute atomic E-state index is 0.00828. The number of nitrogens with zero attached hydrogens (tertiary/aromatic N) is 1. The van der Waals surface area contributed by atoms with Crippen molar-refractivity contribution in [3.63, 3.8) is 0 Å². The van der Waals surface area contributed by atoms with Crippen LogP contribution in [0.5, 0.6) is 0 Å². The topological polar surface area (TPSA) is 75.4 Å². The molecule has 0 aliphatic carbocycles. The van der Waals surface area contributed by atoms with E-state index in [1.807, 2.05) is 20.8 Å². The van der Waals surface area contributed by atoms with E-state index in [-0.39, 0.29) is 24.1 Å². The van der Waals surface area contributed by atoms with Crippen molar-refractivity contribution in [2.24, 2.45) is 5.41 Å². The fourth-order valence-corrected chi connectivity index (χ4v) is 2.01. The minimum Gasteiger partial charge on any atom is -0.392 e. The molecule has 1 unspecified atom stereocenters. The molecule has 0 fully saturated rings. The van der Waals surface area contributed by atoms with Crippen LogP contribution in [0.3, 0.4) is 0 Å². The van der Waals surface area contributed by atoms with Crippen molar-refractivity contribution in [3.05, 3.63) is 39.4 Å². The first kappa shape index (κ1) is 17.5. The maximum absolute atomic E-state index is 13.5. The second-order valence-electron chi connectivity index (χ2n) is 6.20. The van der Waals surface area contributed by atoms with Crippen molar-refractivity contribution in [1.29, 1.82) is 0 Å². The average molecular weight is 302 g/mol. The van der Waals surface area contributed by atoms with Crippen molar-refractivity contribution >= 4 is 5.69 Å². The lowest BCUT2D eigenvalue weighted by atomic mass is 9.89. The lowest BCUT2D eigenvalue weighted by molar-refractivity contribution is -0.387. The summed E-state index contributed by atoms with van der Waals surface area (Å²) in [6.07, 6.45) is -0.0463. The van der Waals surface area contributed by atoms with Gasteiger partial charge in [0.15, 0.2) is 0 Å². The van der Waals surface area contributed by atoms with E-state index in [2.05, 4.69) is 5.32 Å². The van der Waals surface area contributed by atoms with Crippen LogP contribution in [0.2, 0.25) is 0 Å². The lowest BCUT2D eigenvalue weighted by Crippen LogP contribution is -2.30. The van der Waals surface area contributed by atoms with Crippen LogP contribution < -0.4 is 5.32 Å². The molecule has 1 aromatic carbocycles. The molecule has 5 nitrogen and oxygen atoms in total. The molecule has 0 bridgehead atoms. The molecule has 0 radical (unpaired) electrons. The highest BCUT2D eigenvalue weighted by atomic mass is 19.1. The zero-order valence-electron chi connectivity index (χ0n) is 12.3. The maximum Gasteiger partial charge on any atom is 0.305 e. The molecule has 1 aromatic rings. The average Bonchev–Trinajstić information content (AvgIpc) is 2.28. The minimum atomic E-state index is -1.20. The van der Waals surface area contributed by atoms with Gasteiger partial charge in [0, 0.05) is 30.8 Å². The summed E-state index contributed by atoms with van der Waals surface area (Å²) in [5, 5.41) is 23.2. The Morgan fingerprint density at radius 2 is 1.95 bits per heavy atom. The van der Waals surface area contributed by atoms with Gasteiger partial charge in [-0.15, -0.1) is 0 Å². The zero-order valence-corrected chi connectivity index (χ0v) is 12.3. The predicted molar refractivity (Wildman–Crippen MR) is 74.8 cm³/mol. The Labute approximate surface area is 122 Å². The fourth-order valence-electron chi connectivity index (χ4n) is 2.01. The van der Waals surface area contributed by atoms with Gasteiger partial charge in [-0.2, -0.15) is 4.39 Å². The summed E-state index contributed by atoms with van der Waals surface area (Å²) < 4.78 is 26.7. The third-order valence-corrected chi connectivity index (χ3v) is 2.86. The van der Waals surface area contributed by atoms with Gasteiger partial charge in [-0.05, 0) is 11.8 Å². The Morgan fingerprint density at radius 1 is 1.33 bits per heavy atom. The van der Waals surface area contributed by atoms with Crippen molar-refractivity contribution in [1.82, 2.24) is 5.32 Å². The number of hydrogen-bond donors (Lipinski definition) is 2. The van der Waals surface area contributed by atoms with E-state index < -0.39 is 28.3 Å². The molecule has 0 aliphatic rings. The van der Waals surface area contributed by atoms with E-state index in [0.717, 1.165) is 6.07 Å². The molecule has 0 saturated carbocycles. The second kappa shape index (κ2) is 6.91. The first-order valence-corrected chi connectivity index (χ1v) is 6.61. The van der Waals surface area contributed by atoms with Crippen LogP contribution in [0.25, 0.3) is 0 Å². The fraction of sp³-hybridized carbons (Fsp3) is 0.571. The quantitative estimate of drug-likeness (QED) is 0.626. The number of aliphatic hydroxyl groups excluding tert-OH is 1. The van der Waals surface area contributed by atoms with Gasteiger partial charge in [0.05, 0.1) is 11.0 Å². The molecule has 0 aromatic heterocycles. The van der Waals surface area contributed by atoms with Gasteiger partial charge < -0.3 is 10.4 Å². The molecule has 0 amide bonds. The first-order valence-electron chi connectivity index (χ1n) is 6.61. The zero-order chi connectivity index (χ0) is 16.2. The van der Waals surface area contributed by atoms with Crippen LogP contribution in [0.4, 0.5) is 14.5 Å². The third kappa shape index (κ3) is 5.73. The third-order valence-electron chi connectivity index (χ3n) is 2.86. The maximum atomic E-state index is 13.5. The van der Waals surface area contributed by atoms with E-state index >= 15 is 0 Å². The highest BCUT2D eigenvalue weighted by Crippen LogP contribution is 2.22. The number of aliphatic hydroxyl groups is 1. The number of nitro benzene ring substituents is 1. The van der Waals surface area contributed by atoms with Crippen LogP contribution in [0.1, 0.15) is 32.8 Å². The Hall–Kier alpha value is -1.60. The van der Waals surface area contributed by atoms with Gasteiger partial charge in [-0.25, -0.2) is 4.39 Å². The van der Waals surface area contributed by atoms with E-state index in [1.165, 1.54) is 0 Å². The van der Waals surface area contributed by atoms with Crippen molar-refractivity contribution < 1.29 is 18.8 Å². The molecule has 2 N–H and O–H groups in total. The Balaban J connectivity index is 2.64. The molecular formula is C14H20F2N2O3. The SMILES string of the molecule is CC(C)(C)CC(O)CNCc1cc([N+](=O)[O-])c(F)cc1F. The summed E-state index contributed by atoms with van der Waals surface area (Å²) in [5.74, 6) is -2.05. The number of halogens is 2. The number of hydrogen-bond acceptors (Lipinski definition) is 4. The second-order valence-corrected chi connectivity index (χ2v) is 6.20. The van der Waals surface area contributed by atoms with Crippen LogP contribution in [0, 0.1) is 27.2 Å². The molecule has 118 valence electrons. The van der Waals surface area contributed by atoms with Crippen molar-refractivity contribution in [3.8, 4) is 0 Å². The first-order chi connectivity index (χ1) is 9.60. The van der Waals surface area contributed by atoms with E-state index in [0.29, 0.717) is 12.5 Å². The lowest BCUT2D eigenvalue weighted by Gasteiger charge is -2.22. The van der Waals surface area contributed by atoms with Gasteiger partial charge >= 0.3 is 5.69 Å². The standard InChI is InChI=1S/C14H20F2N2O3/c1-14(2,3)6-10(19)8-17-7-9-4-13(18(20)21)12(16)5-11(9)15/h4-5,10,17,19H,6-8H2,1-3H3. The number of benzene rings is 1. The van der Waals surface area contributed by atoms with Crippen LogP contribution in [-0.2, 0) is 6.54 Å². The summed E-state index contributed by atoms with van der Waals surface area (Å²) in [7, 11) is 0. The largest absolute Gasteiger partial charge is 0.392 e. The molecule has 21 heavy (non-hydrogen) atoms. The Morgan fingerprint density at radius 3 is 2.48 bits per heavy atom. The Bertz CT molecular complexity index is 516. The molecule has 0 saturated heterocycles. The molecule has 1 atom stereocenters. The van der Waals surface area contributed by atoms with Crippen LogP contribution in [0.15, 0.2) is 12.1 Å². The summed E-state index contributed by atoms with van der Waals surface area (Å²) in [6, 6.07) is 1.37. The normalized spacial score (nSPS) is 13.2. The van der Waals surface area contributed by atoms with Crippen LogP contribution >= 0.6 is 0 Å². The monoisotopic (exact) mass is 302 g/mol. The van der Waals surface area contributed by atoms with Gasteiger partial charge in [-0.3, -0.25) is 10.1 Å². The molecule has 0 heterocycles. The summed E-state index contributed by atoms with van der Waals surface area (Å²) in [4.78, 5) is 9.71. The molecule has 7 heteroatoms. The van der Waals surface area contributed by atoms with Gasteiger partial charge in [0.2, 0.25) is 5.82 Å².